The highest BCUT2D eigenvalue weighted by Crippen LogP contribution is 2.17. The molecule has 2 aromatic carbocycles. The Bertz CT molecular complexity index is 892. The van der Waals surface area contributed by atoms with Crippen LogP contribution in [0.5, 0.6) is 0 Å². The number of carbonyl (C=O) groups is 3. The summed E-state index contributed by atoms with van der Waals surface area (Å²) in [6.45, 7) is 7.64. The SMILES string of the molecule is CC(NC(=O)CCCNC(=O)OC(C)(C)C)c1ccc(NC(=O)Nc2ccccc2)cc1. The molecule has 32 heavy (non-hydrogen) atoms. The van der Waals surface area contributed by atoms with Crippen LogP contribution in [0.25, 0.3) is 0 Å². The molecule has 0 aliphatic carbocycles. The van der Waals surface area contributed by atoms with Crippen LogP contribution in [0.4, 0.5) is 21.0 Å². The van der Waals surface area contributed by atoms with Crippen LogP contribution < -0.4 is 21.3 Å². The van der Waals surface area contributed by atoms with Gasteiger partial charge in [0.05, 0.1) is 6.04 Å². The fourth-order valence-corrected chi connectivity index (χ4v) is 2.82. The quantitative estimate of drug-likeness (QED) is 0.442. The highest BCUT2D eigenvalue weighted by molar-refractivity contribution is 5.99. The average molecular weight is 441 g/mol. The third-order valence-electron chi connectivity index (χ3n) is 4.33. The molecular formula is C24H32N4O4. The molecule has 0 saturated heterocycles. The Labute approximate surface area is 189 Å². The van der Waals surface area contributed by atoms with Crippen molar-refractivity contribution in [3.8, 4) is 0 Å². The lowest BCUT2D eigenvalue weighted by Crippen LogP contribution is -2.33. The number of urea groups is 1. The van der Waals surface area contributed by atoms with Crippen molar-refractivity contribution in [1.29, 1.82) is 0 Å². The minimum atomic E-state index is -0.548. The van der Waals surface area contributed by atoms with E-state index in [0.29, 0.717) is 30.8 Å². The molecule has 0 spiro atoms. The Balaban J connectivity index is 1.71. The van der Waals surface area contributed by atoms with E-state index in [1.54, 1.807) is 45.0 Å². The lowest BCUT2D eigenvalue weighted by Gasteiger charge is -2.19. The van der Waals surface area contributed by atoms with Crippen LogP contribution >= 0.6 is 0 Å². The number of benzene rings is 2. The van der Waals surface area contributed by atoms with E-state index in [1.807, 2.05) is 37.3 Å². The van der Waals surface area contributed by atoms with Gasteiger partial charge in [-0.2, -0.15) is 0 Å². The van der Waals surface area contributed by atoms with Crippen molar-refractivity contribution < 1.29 is 19.1 Å². The van der Waals surface area contributed by atoms with Gasteiger partial charge in [0.15, 0.2) is 0 Å². The Morgan fingerprint density at radius 2 is 1.50 bits per heavy atom. The van der Waals surface area contributed by atoms with Crippen molar-refractivity contribution in [3.05, 3.63) is 60.2 Å². The van der Waals surface area contributed by atoms with Gasteiger partial charge >= 0.3 is 12.1 Å². The maximum absolute atomic E-state index is 12.2. The summed E-state index contributed by atoms with van der Waals surface area (Å²) in [6, 6.07) is 15.9. The van der Waals surface area contributed by atoms with Gasteiger partial charge in [-0.05, 0) is 63.9 Å². The lowest BCUT2D eigenvalue weighted by molar-refractivity contribution is -0.121. The predicted octanol–water partition coefficient (Wildman–Crippen LogP) is 4.81. The predicted molar refractivity (Wildman–Crippen MR) is 126 cm³/mol. The van der Waals surface area contributed by atoms with Gasteiger partial charge in [-0.25, -0.2) is 9.59 Å². The molecule has 0 aliphatic heterocycles. The Hall–Kier alpha value is -3.55. The fourth-order valence-electron chi connectivity index (χ4n) is 2.82. The summed E-state index contributed by atoms with van der Waals surface area (Å²) in [5.41, 5.74) is 1.72. The standard InChI is InChI=1S/C24H32N4O4/c1-17(26-21(29)11-8-16-25-23(31)32-24(2,3)4)18-12-14-20(15-13-18)28-22(30)27-19-9-6-5-7-10-19/h5-7,9-10,12-15,17H,8,11,16H2,1-4H3,(H,25,31)(H,26,29)(H2,27,28,30). The van der Waals surface area contributed by atoms with Crippen LogP contribution in [0.15, 0.2) is 54.6 Å². The first kappa shape index (κ1) is 24.7. The van der Waals surface area contributed by atoms with E-state index in [1.165, 1.54) is 0 Å². The molecule has 0 radical (unpaired) electrons. The highest BCUT2D eigenvalue weighted by atomic mass is 16.6. The Kier molecular flexibility index (Phi) is 9.07. The second-order valence-corrected chi connectivity index (χ2v) is 8.39. The molecule has 0 aromatic heterocycles. The molecule has 0 fully saturated rings. The zero-order chi connectivity index (χ0) is 23.6. The third-order valence-corrected chi connectivity index (χ3v) is 4.33. The largest absolute Gasteiger partial charge is 0.444 e. The van der Waals surface area contributed by atoms with Crippen LogP contribution in [0.3, 0.4) is 0 Å². The van der Waals surface area contributed by atoms with Crippen LogP contribution in [-0.4, -0.2) is 30.2 Å². The number of alkyl carbamates (subject to hydrolysis) is 1. The van der Waals surface area contributed by atoms with Gasteiger partial charge in [0.25, 0.3) is 0 Å². The fraction of sp³-hybridized carbons (Fsp3) is 0.375. The van der Waals surface area contributed by atoms with E-state index < -0.39 is 11.7 Å². The number of hydrogen-bond donors (Lipinski definition) is 4. The van der Waals surface area contributed by atoms with E-state index in [0.717, 1.165) is 5.56 Å². The van der Waals surface area contributed by atoms with Gasteiger partial charge in [0, 0.05) is 24.3 Å². The molecule has 0 heterocycles. The maximum Gasteiger partial charge on any atom is 0.407 e. The van der Waals surface area contributed by atoms with E-state index >= 15 is 0 Å². The molecule has 1 unspecified atom stereocenters. The zero-order valence-corrected chi connectivity index (χ0v) is 19.0. The van der Waals surface area contributed by atoms with E-state index in [4.69, 9.17) is 4.74 Å². The van der Waals surface area contributed by atoms with Crippen LogP contribution in [0.1, 0.15) is 52.1 Å². The second kappa shape index (κ2) is 11.7. The van der Waals surface area contributed by atoms with Crippen molar-refractivity contribution in [1.82, 2.24) is 10.6 Å². The van der Waals surface area contributed by atoms with E-state index in [2.05, 4.69) is 21.3 Å². The summed E-state index contributed by atoms with van der Waals surface area (Å²) in [4.78, 5) is 35.8. The lowest BCUT2D eigenvalue weighted by atomic mass is 10.1. The summed E-state index contributed by atoms with van der Waals surface area (Å²) in [6.07, 6.45) is 0.314. The molecule has 0 bridgehead atoms. The molecule has 4 N–H and O–H groups in total. The van der Waals surface area contributed by atoms with Gasteiger partial charge in [-0.1, -0.05) is 30.3 Å². The van der Waals surface area contributed by atoms with Crippen molar-refractivity contribution in [3.63, 3.8) is 0 Å². The molecule has 172 valence electrons. The summed E-state index contributed by atoms with van der Waals surface area (Å²) in [5, 5.41) is 11.1. The van der Waals surface area contributed by atoms with Crippen LogP contribution in [-0.2, 0) is 9.53 Å². The molecule has 1 atom stereocenters. The normalized spacial score (nSPS) is 11.8. The van der Waals surface area contributed by atoms with Gasteiger partial charge in [-0.15, -0.1) is 0 Å². The number of nitrogens with one attached hydrogen (secondary N) is 4. The molecule has 2 rings (SSSR count). The van der Waals surface area contributed by atoms with Crippen molar-refractivity contribution in [2.24, 2.45) is 0 Å². The topological polar surface area (TPSA) is 109 Å². The van der Waals surface area contributed by atoms with Gasteiger partial charge in [0.1, 0.15) is 5.60 Å². The highest BCUT2D eigenvalue weighted by Gasteiger charge is 2.16. The second-order valence-electron chi connectivity index (χ2n) is 8.39. The summed E-state index contributed by atoms with van der Waals surface area (Å²) >= 11 is 0. The molecular weight excluding hydrogens is 408 g/mol. The van der Waals surface area contributed by atoms with E-state index in [9.17, 15) is 14.4 Å². The minimum absolute atomic E-state index is 0.104. The maximum atomic E-state index is 12.2. The molecule has 8 nitrogen and oxygen atoms in total. The van der Waals surface area contributed by atoms with Gasteiger partial charge < -0.3 is 26.0 Å². The number of carbonyl (C=O) groups excluding carboxylic acids is 3. The van der Waals surface area contributed by atoms with Crippen LogP contribution in [0.2, 0.25) is 0 Å². The first-order valence-electron chi connectivity index (χ1n) is 10.6. The van der Waals surface area contributed by atoms with E-state index in [-0.39, 0.29) is 18.0 Å². The zero-order valence-electron chi connectivity index (χ0n) is 19.0. The Morgan fingerprint density at radius 3 is 2.09 bits per heavy atom. The molecule has 2 aromatic rings. The monoisotopic (exact) mass is 440 g/mol. The van der Waals surface area contributed by atoms with Crippen LogP contribution in [0, 0.1) is 0 Å². The van der Waals surface area contributed by atoms with Gasteiger partial charge in [-0.3, -0.25) is 4.79 Å². The van der Waals surface area contributed by atoms with Crippen molar-refractivity contribution in [2.45, 2.75) is 52.2 Å². The molecule has 0 aliphatic rings. The number of anilines is 2. The number of amides is 4. The minimum Gasteiger partial charge on any atom is -0.444 e. The molecule has 4 amide bonds. The summed E-state index contributed by atoms with van der Waals surface area (Å²) in [7, 11) is 0. The first-order chi connectivity index (χ1) is 15.1. The third kappa shape index (κ3) is 9.51. The smallest absolute Gasteiger partial charge is 0.407 e. The van der Waals surface area contributed by atoms with Crippen molar-refractivity contribution >= 4 is 29.4 Å². The number of hydrogen-bond acceptors (Lipinski definition) is 4. The number of para-hydroxylation sites is 1. The number of rotatable bonds is 8. The molecule has 8 heteroatoms. The number of ether oxygens (including phenoxy) is 1. The Morgan fingerprint density at radius 1 is 0.906 bits per heavy atom. The van der Waals surface area contributed by atoms with Gasteiger partial charge in [0.2, 0.25) is 5.91 Å². The molecule has 0 saturated carbocycles. The first-order valence-corrected chi connectivity index (χ1v) is 10.6. The average Bonchev–Trinajstić information content (AvgIpc) is 2.71. The summed E-state index contributed by atoms with van der Waals surface area (Å²) < 4.78 is 5.15. The van der Waals surface area contributed by atoms with Crippen molar-refractivity contribution in [2.75, 3.05) is 17.2 Å². The summed E-state index contributed by atoms with van der Waals surface area (Å²) in [5.74, 6) is -0.104.